The lowest BCUT2D eigenvalue weighted by Crippen LogP contribution is -2.34. The molecule has 0 aromatic heterocycles. The van der Waals surface area contributed by atoms with Gasteiger partial charge in [-0.3, -0.25) is 9.52 Å². The fraction of sp³-hybridized carbons (Fsp3) is 0.179. The van der Waals surface area contributed by atoms with Crippen molar-refractivity contribution in [3.05, 3.63) is 95.5 Å². The number of nitrogens with zero attached hydrogens (tertiary/aromatic N) is 1. The van der Waals surface area contributed by atoms with Crippen LogP contribution in [-0.4, -0.2) is 32.6 Å². The van der Waals surface area contributed by atoms with E-state index in [2.05, 4.69) is 4.72 Å². The molecule has 0 aliphatic rings. The van der Waals surface area contributed by atoms with Gasteiger partial charge in [-0.2, -0.15) is 0 Å². The normalized spacial score (nSPS) is 12.2. The molecular formula is C28H27ClN2O5S. The molecule has 0 amide bonds. The van der Waals surface area contributed by atoms with Crippen LogP contribution in [0.1, 0.15) is 18.9 Å². The predicted molar refractivity (Wildman–Crippen MR) is 147 cm³/mol. The molecular weight excluding hydrogens is 512 g/mol. The van der Waals surface area contributed by atoms with Crippen molar-refractivity contribution >= 4 is 49.7 Å². The van der Waals surface area contributed by atoms with E-state index in [0.29, 0.717) is 28.4 Å². The summed E-state index contributed by atoms with van der Waals surface area (Å²) in [5.41, 5.74) is 2.19. The largest absolute Gasteiger partial charge is 0.497 e. The summed E-state index contributed by atoms with van der Waals surface area (Å²) < 4.78 is 34.1. The topological polar surface area (TPSA) is 95.9 Å². The monoisotopic (exact) mass is 538 g/mol. The Morgan fingerprint density at radius 3 is 2.24 bits per heavy atom. The molecule has 0 fully saturated rings. The number of anilines is 2. The fourth-order valence-electron chi connectivity index (χ4n) is 4.21. The van der Waals surface area contributed by atoms with Crippen LogP contribution in [0.15, 0.2) is 89.8 Å². The van der Waals surface area contributed by atoms with Crippen LogP contribution in [-0.2, 0) is 21.4 Å². The number of carbonyl (C=O) groups is 1. The van der Waals surface area contributed by atoms with Crippen molar-refractivity contribution in [1.29, 1.82) is 0 Å². The van der Waals surface area contributed by atoms with Gasteiger partial charge in [-0.15, -0.1) is 0 Å². The summed E-state index contributed by atoms with van der Waals surface area (Å²) in [5, 5.41) is 11.6. The Morgan fingerprint density at radius 1 is 0.973 bits per heavy atom. The van der Waals surface area contributed by atoms with E-state index in [9.17, 15) is 18.3 Å². The minimum atomic E-state index is -3.86. The molecule has 0 heterocycles. The summed E-state index contributed by atoms with van der Waals surface area (Å²) in [6.07, 6.45) is -0.0617. The van der Waals surface area contributed by atoms with Crippen LogP contribution in [0, 0.1) is 0 Å². The molecule has 2 N–H and O–H groups in total. The Balaban J connectivity index is 1.75. The fourth-order valence-corrected chi connectivity index (χ4v) is 5.41. The van der Waals surface area contributed by atoms with E-state index < -0.39 is 16.0 Å². The van der Waals surface area contributed by atoms with Gasteiger partial charge in [-0.05, 0) is 61.0 Å². The minimum Gasteiger partial charge on any atom is -0.497 e. The second-order valence-corrected chi connectivity index (χ2v) is 10.8. The zero-order chi connectivity index (χ0) is 26.6. The maximum Gasteiger partial charge on any atom is 0.305 e. The Kier molecular flexibility index (Phi) is 7.90. The lowest BCUT2D eigenvalue weighted by molar-refractivity contribution is -0.137. The Morgan fingerprint density at radius 2 is 1.62 bits per heavy atom. The summed E-state index contributed by atoms with van der Waals surface area (Å²) >= 11 is 6.05. The van der Waals surface area contributed by atoms with E-state index in [1.165, 1.54) is 19.2 Å². The summed E-state index contributed by atoms with van der Waals surface area (Å²) in [7, 11) is -2.34. The number of nitrogens with one attached hydrogen (secondary N) is 1. The van der Waals surface area contributed by atoms with Crippen LogP contribution < -0.4 is 14.4 Å². The maximum absolute atomic E-state index is 13.1. The number of rotatable bonds is 10. The zero-order valence-corrected chi connectivity index (χ0v) is 22.0. The highest BCUT2D eigenvalue weighted by Gasteiger charge is 2.22. The van der Waals surface area contributed by atoms with E-state index in [1.807, 2.05) is 54.3 Å². The number of methoxy groups -OCH3 is 1. The van der Waals surface area contributed by atoms with Gasteiger partial charge in [0.1, 0.15) is 5.75 Å². The summed E-state index contributed by atoms with van der Waals surface area (Å²) in [6, 6.07) is 24.2. The SMILES string of the molecule is COc1ccc(S(=O)(=O)Nc2ccc(N(Cc3ccc(Cl)cc3)[C@@H](C)CC(=O)O)c3ccccc23)cc1. The highest BCUT2D eigenvalue weighted by molar-refractivity contribution is 7.92. The number of fused-ring (bicyclic) bond motifs is 1. The first-order valence-corrected chi connectivity index (χ1v) is 13.5. The van der Waals surface area contributed by atoms with Crippen molar-refractivity contribution in [2.45, 2.75) is 30.8 Å². The number of ether oxygens (including phenoxy) is 1. The molecule has 0 bridgehead atoms. The standard InChI is InChI=1S/C28H27ClN2O5S/c1-19(17-28(32)33)31(18-20-7-9-21(29)10-8-20)27-16-15-26(24-5-3-4-6-25(24)27)30-37(34,35)23-13-11-22(36-2)12-14-23/h3-16,19,30H,17-18H2,1-2H3,(H,32,33)/t19-/m0/s1. The Labute approximate surface area is 221 Å². The van der Waals surface area contributed by atoms with Gasteiger partial charge in [-0.1, -0.05) is 48.0 Å². The van der Waals surface area contributed by atoms with Gasteiger partial charge in [0.15, 0.2) is 0 Å². The molecule has 4 aromatic rings. The number of hydrogen-bond acceptors (Lipinski definition) is 5. The van der Waals surface area contributed by atoms with Gasteiger partial charge in [0.25, 0.3) is 10.0 Å². The van der Waals surface area contributed by atoms with Gasteiger partial charge in [0.2, 0.25) is 0 Å². The molecule has 0 saturated heterocycles. The van der Waals surface area contributed by atoms with Crippen molar-refractivity contribution in [3.63, 3.8) is 0 Å². The lowest BCUT2D eigenvalue weighted by atomic mass is 10.0. The van der Waals surface area contributed by atoms with Crippen molar-refractivity contribution in [2.75, 3.05) is 16.7 Å². The molecule has 37 heavy (non-hydrogen) atoms. The first kappa shape index (κ1) is 26.3. The molecule has 0 radical (unpaired) electrons. The minimum absolute atomic E-state index is 0.0617. The zero-order valence-electron chi connectivity index (χ0n) is 20.4. The Bertz CT molecular complexity index is 1510. The second-order valence-electron chi connectivity index (χ2n) is 8.66. The van der Waals surface area contributed by atoms with Gasteiger partial charge < -0.3 is 14.7 Å². The van der Waals surface area contributed by atoms with Crippen molar-refractivity contribution in [3.8, 4) is 5.75 Å². The molecule has 4 aromatic carbocycles. The molecule has 7 nitrogen and oxygen atoms in total. The van der Waals surface area contributed by atoms with Crippen LogP contribution in [0.5, 0.6) is 5.75 Å². The highest BCUT2D eigenvalue weighted by atomic mass is 35.5. The first-order valence-electron chi connectivity index (χ1n) is 11.6. The third kappa shape index (κ3) is 6.15. The van der Waals surface area contributed by atoms with E-state index >= 15 is 0 Å². The number of halogens is 1. The summed E-state index contributed by atoms with van der Waals surface area (Å²) in [4.78, 5) is 13.7. The second kappa shape index (κ2) is 11.1. The number of carboxylic acids is 1. The first-order chi connectivity index (χ1) is 17.7. The van der Waals surface area contributed by atoms with Crippen molar-refractivity contribution < 1.29 is 23.1 Å². The van der Waals surface area contributed by atoms with E-state index in [1.54, 1.807) is 30.3 Å². The number of carboxylic acid groups (broad SMARTS) is 1. The third-order valence-electron chi connectivity index (χ3n) is 6.09. The van der Waals surface area contributed by atoms with Crippen molar-refractivity contribution in [1.82, 2.24) is 0 Å². The molecule has 0 spiro atoms. The van der Waals surface area contributed by atoms with Crippen LogP contribution >= 0.6 is 11.6 Å². The third-order valence-corrected chi connectivity index (χ3v) is 7.73. The molecule has 9 heteroatoms. The van der Waals surface area contributed by atoms with Crippen LogP contribution in [0.25, 0.3) is 10.8 Å². The lowest BCUT2D eigenvalue weighted by Gasteiger charge is -2.32. The molecule has 0 saturated carbocycles. The molecule has 0 aliphatic heterocycles. The summed E-state index contributed by atoms with van der Waals surface area (Å²) in [6.45, 7) is 2.31. The maximum atomic E-state index is 13.1. The van der Waals surface area contributed by atoms with Gasteiger partial charge in [0.05, 0.1) is 24.1 Å². The van der Waals surface area contributed by atoms with Crippen LogP contribution in [0.4, 0.5) is 11.4 Å². The van der Waals surface area contributed by atoms with Gasteiger partial charge in [-0.25, -0.2) is 8.42 Å². The number of aliphatic carboxylic acids is 1. The predicted octanol–water partition coefficient (Wildman–Crippen LogP) is 6.17. The number of hydrogen-bond donors (Lipinski definition) is 2. The summed E-state index contributed by atoms with van der Waals surface area (Å²) in [5.74, 6) is -0.341. The number of sulfonamides is 1. The van der Waals surface area contributed by atoms with Crippen molar-refractivity contribution in [2.24, 2.45) is 0 Å². The molecule has 192 valence electrons. The molecule has 1 atom stereocenters. The van der Waals surface area contributed by atoms with E-state index in [0.717, 1.165) is 16.6 Å². The highest BCUT2D eigenvalue weighted by Crippen LogP contribution is 2.36. The number of benzene rings is 4. The van der Waals surface area contributed by atoms with E-state index in [4.69, 9.17) is 16.3 Å². The van der Waals surface area contributed by atoms with Gasteiger partial charge >= 0.3 is 5.97 Å². The average molecular weight is 539 g/mol. The van der Waals surface area contributed by atoms with E-state index in [-0.39, 0.29) is 17.4 Å². The molecule has 0 unspecified atom stereocenters. The average Bonchev–Trinajstić information content (AvgIpc) is 2.88. The molecule has 0 aliphatic carbocycles. The van der Waals surface area contributed by atoms with Crippen LogP contribution in [0.2, 0.25) is 5.02 Å². The van der Waals surface area contributed by atoms with Gasteiger partial charge in [0, 0.05) is 34.1 Å². The van der Waals surface area contributed by atoms with Crippen LogP contribution in [0.3, 0.4) is 0 Å². The Hall–Kier alpha value is -3.75. The smallest absolute Gasteiger partial charge is 0.305 e. The quantitative estimate of drug-likeness (QED) is 0.250. The molecule has 4 rings (SSSR count).